The first-order chi connectivity index (χ1) is 13.5. The molecule has 1 aromatic heterocycles. The number of aliphatic carboxylic acids is 1. The molecule has 1 N–H and O–H groups in total. The van der Waals surface area contributed by atoms with Crippen molar-refractivity contribution >= 4 is 11.9 Å². The quantitative estimate of drug-likeness (QED) is 0.865. The van der Waals surface area contributed by atoms with Gasteiger partial charge in [-0.15, -0.1) is 5.10 Å². The standard InChI is InChI=1S/C20H24N4O4/c1-13-2-4-15(5-3-13)24-12-17(21-22-24)19(25)23-9-6-14(7-10-23)18-16(20(26)27)8-11-28-18/h2-5,12,14,16,18H,6-11H2,1H3,(H,26,27)/t16?,18-/m0/s1. The van der Waals surface area contributed by atoms with Crippen LogP contribution in [0.2, 0.25) is 0 Å². The molecule has 1 amide bonds. The maximum atomic E-state index is 12.8. The highest BCUT2D eigenvalue weighted by molar-refractivity contribution is 5.92. The van der Waals surface area contributed by atoms with Crippen LogP contribution in [0.15, 0.2) is 30.5 Å². The number of benzene rings is 1. The maximum Gasteiger partial charge on any atom is 0.309 e. The van der Waals surface area contributed by atoms with Crippen molar-refractivity contribution in [2.45, 2.75) is 32.3 Å². The van der Waals surface area contributed by atoms with Crippen molar-refractivity contribution in [2.75, 3.05) is 19.7 Å². The molecule has 0 spiro atoms. The van der Waals surface area contributed by atoms with Gasteiger partial charge < -0.3 is 14.7 Å². The number of likely N-dealkylation sites (tertiary alicyclic amines) is 1. The summed E-state index contributed by atoms with van der Waals surface area (Å²) < 4.78 is 7.30. The Hall–Kier alpha value is -2.74. The third-order valence-corrected chi connectivity index (χ3v) is 5.76. The van der Waals surface area contributed by atoms with E-state index in [1.54, 1.807) is 15.8 Å². The van der Waals surface area contributed by atoms with Crippen LogP contribution in [0.1, 0.15) is 35.3 Å². The van der Waals surface area contributed by atoms with Gasteiger partial charge in [-0.2, -0.15) is 0 Å². The Morgan fingerprint density at radius 2 is 1.86 bits per heavy atom. The lowest BCUT2D eigenvalue weighted by Crippen LogP contribution is -2.43. The van der Waals surface area contributed by atoms with E-state index in [0.29, 0.717) is 31.8 Å². The van der Waals surface area contributed by atoms with Gasteiger partial charge >= 0.3 is 5.97 Å². The van der Waals surface area contributed by atoms with Crippen molar-refractivity contribution in [3.63, 3.8) is 0 Å². The molecule has 2 saturated heterocycles. The number of carbonyl (C=O) groups is 2. The van der Waals surface area contributed by atoms with Gasteiger partial charge in [0.25, 0.3) is 5.91 Å². The van der Waals surface area contributed by atoms with Gasteiger partial charge in [0.05, 0.1) is 23.9 Å². The second kappa shape index (κ2) is 7.71. The van der Waals surface area contributed by atoms with E-state index in [9.17, 15) is 14.7 Å². The van der Waals surface area contributed by atoms with E-state index in [0.717, 1.165) is 24.1 Å². The summed E-state index contributed by atoms with van der Waals surface area (Å²) >= 11 is 0. The summed E-state index contributed by atoms with van der Waals surface area (Å²) in [5, 5.41) is 17.5. The molecule has 3 heterocycles. The lowest BCUT2D eigenvalue weighted by molar-refractivity contribution is -0.145. The SMILES string of the molecule is Cc1ccc(-n2cc(C(=O)N3CCC([C@@H]4OCCC4C(=O)O)CC3)nn2)cc1. The fraction of sp³-hybridized carbons (Fsp3) is 0.500. The molecule has 2 aromatic rings. The number of carboxylic acid groups (broad SMARTS) is 1. The number of amides is 1. The van der Waals surface area contributed by atoms with Crippen molar-refractivity contribution in [1.29, 1.82) is 0 Å². The van der Waals surface area contributed by atoms with E-state index >= 15 is 0 Å². The van der Waals surface area contributed by atoms with Crippen molar-refractivity contribution < 1.29 is 19.4 Å². The summed E-state index contributed by atoms with van der Waals surface area (Å²) in [6.45, 7) is 3.67. The van der Waals surface area contributed by atoms with Gasteiger partial charge in [0.2, 0.25) is 0 Å². The number of carboxylic acids is 1. The Bertz CT molecular complexity index is 855. The van der Waals surface area contributed by atoms with E-state index in [2.05, 4.69) is 10.3 Å². The largest absolute Gasteiger partial charge is 0.481 e. The summed E-state index contributed by atoms with van der Waals surface area (Å²) in [6.07, 6.45) is 3.47. The van der Waals surface area contributed by atoms with Crippen LogP contribution in [0.4, 0.5) is 0 Å². The highest BCUT2D eigenvalue weighted by atomic mass is 16.5. The predicted molar refractivity (Wildman–Crippen MR) is 100 cm³/mol. The number of nitrogens with zero attached hydrogens (tertiary/aromatic N) is 4. The maximum absolute atomic E-state index is 12.8. The first-order valence-electron chi connectivity index (χ1n) is 9.66. The molecule has 8 nitrogen and oxygen atoms in total. The molecule has 2 aliphatic heterocycles. The predicted octanol–water partition coefficient (Wildman–Crippen LogP) is 1.92. The normalized spacial score (nSPS) is 23.1. The van der Waals surface area contributed by atoms with Crippen LogP contribution < -0.4 is 0 Å². The second-order valence-corrected chi connectivity index (χ2v) is 7.58. The fourth-order valence-electron chi connectivity index (χ4n) is 4.12. The smallest absolute Gasteiger partial charge is 0.309 e. The number of rotatable bonds is 4. The van der Waals surface area contributed by atoms with Crippen LogP contribution >= 0.6 is 0 Å². The Labute approximate surface area is 163 Å². The van der Waals surface area contributed by atoms with Crippen molar-refractivity contribution in [3.05, 3.63) is 41.7 Å². The van der Waals surface area contributed by atoms with Crippen LogP contribution in [-0.4, -0.2) is 62.7 Å². The Balaban J connectivity index is 1.38. The first-order valence-corrected chi connectivity index (χ1v) is 9.66. The number of aromatic nitrogens is 3. The Kier molecular flexibility index (Phi) is 5.13. The van der Waals surface area contributed by atoms with Gasteiger partial charge in [0, 0.05) is 19.7 Å². The van der Waals surface area contributed by atoms with Crippen LogP contribution in [0.25, 0.3) is 5.69 Å². The summed E-state index contributed by atoms with van der Waals surface area (Å²) in [5.41, 5.74) is 2.33. The third kappa shape index (κ3) is 3.64. The summed E-state index contributed by atoms with van der Waals surface area (Å²) in [7, 11) is 0. The number of hydrogen-bond acceptors (Lipinski definition) is 5. The molecule has 0 bridgehead atoms. The van der Waals surface area contributed by atoms with Crippen molar-refractivity contribution in [1.82, 2.24) is 19.9 Å². The lowest BCUT2D eigenvalue weighted by atomic mass is 9.84. The molecule has 0 aliphatic carbocycles. The fourth-order valence-corrected chi connectivity index (χ4v) is 4.12. The first kappa shape index (κ1) is 18.6. The van der Waals surface area contributed by atoms with Gasteiger partial charge in [0.15, 0.2) is 5.69 Å². The molecule has 0 radical (unpaired) electrons. The van der Waals surface area contributed by atoms with Gasteiger partial charge in [-0.25, -0.2) is 4.68 Å². The van der Waals surface area contributed by atoms with Gasteiger partial charge in [0.1, 0.15) is 0 Å². The van der Waals surface area contributed by atoms with E-state index in [1.807, 2.05) is 31.2 Å². The van der Waals surface area contributed by atoms with Crippen LogP contribution in [-0.2, 0) is 9.53 Å². The molecular weight excluding hydrogens is 360 g/mol. The van der Waals surface area contributed by atoms with Crippen LogP contribution in [0, 0.1) is 18.8 Å². The molecule has 1 unspecified atom stereocenters. The molecule has 8 heteroatoms. The van der Waals surface area contributed by atoms with Gasteiger partial charge in [-0.3, -0.25) is 9.59 Å². The lowest BCUT2D eigenvalue weighted by Gasteiger charge is -2.35. The molecule has 2 aliphatic rings. The topological polar surface area (TPSA) is 97.5 Å². The molecule has 2 atom stereocenters. The van der Waals surface area contributed by atoms with Crippen molar-refractivity contribution in [3.8, 4) is 5.69 Å². The molecule has 0 saturated carbocycles. The Morgan fingerprint density at radius 3 is 2.54 bits per heavy atom. The molecule has 1 aromatic carbocycles. The van der Waals surface area contributed by atoms with Crippen LogP contribution in [0.5, 0.6) is 0 Å². The van der Waals surface area contributed by atoms with E-state index in [4.69, 9.17) is 4.74 Å². The van der Waals surface area contributed by atoms with E-state index < -0.39 is 11.9 Å². The minimum absolute atomic E-state index is 0.140. The van der Waals surface area contributed by atoms with E-state index in [-0.39, 0.29) is 17.9 Å². The molecule has 4 rings (SSSR count). The number of carbonyl (C=O) groups excluding carboxylic acids is 1. The van der Waals surface area contributed by atoms with Gasteiger partial charge in [-0.05, 0) is 44.2 Å². The molecular formula is C20H24N4O4. The van der Waals surface area contributed by atoms with Gasteiger partial charge in [-0.1, -0.05) is 22.9 Å². The summed E-state index contributed by atoms with van der Waals surface area (Å²) in [6, 6.07) is 7.84. The zero-order chi connectivity index (χ0) is 19.7. The van der Waals surface area contributed by atoms with Crippen molar-refractivity contribution in [2.24, 2.45) is 11.8 Å². The van der Waals surface area contributed by atoms with E-state index in [1.165, 1.54) is 0 Å². The number of ether oxygens (including phenoxy) is 1. The summed E-state index contributed by atoms with van der Waals surface area (Å²) in [5.74, 6) is -1.18. The Morgan fingerprint density at radius 1 is 1.14 bits per heavy atom. The molecule has 28 heavy (non-hydrogen) atoms. The van der Waals surface area contributed by atoms with Crippen LogP contribution in [0.3, 0.4) is 0 Å². The molecule has 2 fully saturated rings. The number of aryl methyl sites for hydroxylation is 1. The highest BCUT2D eigenvalue weighted by Gasteiger charge is 2.41. The second-order valence-electron chi connectivity index (χ2n) is 7.58. The number of hydrogen-bond donors (Lipinski definition) is 1. The summed E-state index contributed by atoms with van der Waals surface area (Å²) in [4.78, 5) is 25.9. The zero-order valence-corrected chi connectivity index (χ0v) is 15.8. The number of piperidine rings is 1. The third-order valence-electron chi connectivity index (χ3n) is 5.76. The average molecular weight is 384 g/mol. The minimum atomic E-state index is -0.784. The molecule has 148 valence electrons. The zero-order valence-electron chi connectivity index (χ0n) is 15.8. The minimum Gasteiger partial charge on any atom is -0.481 e. The monoisotopic (exact) mass is 384 g/mol. The highest BCUT2D eigenvalue weighted by Crippen LogP contribution is 2.33. The average Bonchev–Trinajstić information content (AvgIpc) is 3.38.